The molecule has 2 nitrogen and oxygen atoms in total. The van der Waals surface area contributed by atoms with Crippen molar-refractivity contribution < 1.29 is 13.6 Å². The number of rotatable bonds is 6. The fourth-order valence-electron chi connectivity index (χ4n) is 1.01. The molecule has 0 aliphatic rings. The molecule has 0 saturated heterocycles. The number of hydrogen-bond acceptors (Lipinski definition) is 2. The van der Waals surface area contributed by atoms with Gasteiger partial charge in [0.2, 0.25) is 0 Å². The highest BCUT2D eigenvalue weighted by molar-refractivity contribution is 5.79. The van der Waals surface area contributed by atoms with Crippen molar-refractivity contribution in [2.75, 3.05) is 6.61 Å². The topological polar surface area (TPSA) is 21.6 Å². The highest BCUT2D eigenvalue weighted by Gasteiger charge is 2.05. The minimum Gasteiger partial charge on any atom is -0.395 e. The summed E-state index contributed by atoms with van der Waals surface area (Å²) < 4.78 is 24.7. The van der Waals surface area contributed by atoms with E-state index in [9.17, 15) is 8.78 Å². The number of benzene rings is 1. The monoisotopic (exact) mass is 224 g/mol. The van der Waals surface area contributed by atoms with Crippen LogP contribution in [-0.4, -0.2) is 12.8 Å². The Kier molecular flexibility index (Phi) is 5.19. The molecule has 4 heteroatoms. The van der Waals surface area contributed by atoms with E-state index in [1.54, 1.807) is 12.1 Å². The second kappa shape index (κ2) is 6.71. The van der Waals surface area contributed by atoms with E-state index < -0.39 is 6.43 Å². The highest BCUT2D eigenvalue weighted by Crippen LogP contribution is 2.18. The summed E-state index contributed by atoms with van der Waals surface area (Å²) in [5.41, 5.74) is 0.419. The molecule has 0 saturated carbocycles. The van der Waals surface area contributed by atoms with Gasteiger partial charge in [0.15, 0.2) is 0 Å². The van der Waals surface area contributed by atoms with Crippen LogP contribution >= 0.6 is 0 Å². The van der Waals surface area contributed by atoms with Gasteiger partial charge in [-0.3, -0.25) is 0 Å². The van der Waals surface area contributed by atoms with E-state index in [4.69, 9.17) is 4.84 Å². The smallest absolute Gasteiger partial charge is 0.263 e. The van der Waals surface area contributed by atoms with Crippen LogP contribution in [0.25, 0.3) is 0 Å². The molecule has 0 aromatic heterocycles. The van der Waals surface area contributed by atoms with Gasteiger partial charge in [-0.2, -0.15) is 0 Å². The standard InChI is InChI=1S/C12H12F2NO/c1-2-3-7-16-15-9-10-5-4-6-11(8-10)12(13)14/h2,4-6,8,12H,1,3,7H2. The quantitative estimate of drug-likeness (QED) is 0.314. The zero-order valence-electron chi connectivity index (χ0n) is 8.70. The van der Waals surface area contributed by atoms with Crippen LogP contribution in [-0.2, 0) is 4.84 Å². The SMILES string of the molecule is C=CCCON=[C]c1cccc(C(F)F)c1. The van der Waals surface area contributed by atoms with Gasteiger partial charge in [0.1, 0.15) is 12.8 Å². The van der Waals surface area contributed by atoms with E-state index in [1.807, 2.05) is 0 Å². The Labute approximate surface area is 93.2 Å². The van der Waals surface area contributed by atoms with E-state index in [0.717, 1.165) is 0 Å². The Bertz CT molecular complexity index is 364. The van der Waals surface area contributed by atoms with Crippen LogP contribution in [0.4, 0.5) is 8.78 Å². The molecule has 0 atom stereocenters. The van der Waals surface area contributed by atoms with Crippen LogP contribution in [0, 0.1) is 0 Å². The molecule has 0 bridgehead atoms. The molecular weight excluding hydrogens is 212 g/mol. The van der Waals surface area contributed by atoms with Crippen molar-refractivity contribution in [3.63, 3.8) is 0 Å². The first kappa shape index (κ1) is 12.4. The lowest BCUT2D eigenvalue weighted by atomic mass is 10.1. The Balaban J connectivity index is 2.53. The average Bonchev–Trinajstić information content (AvgIpc) is 2.29. The maximum atomic E-state index is 12.3. The Morgan fingerprint density at radius 2 is 2.31 bits per heavy atom. The molecule has 0 amide bonds. The molecule has 0 spiro atoms. The fraction of sp³-hybridized carbons (Fsp3) is 0.250. The van der Waals surface area contributed by atoms with E-state index in [-0.39, 0.29) is 5.56 Å². The van der Waals surface area contributed by atoms with E-state index in [1.165, 1.54) is 18.2 Å². The van der Waals surface area contributed by atoms with Crippen LogP contribution in [0.15, 0.2) is 42.1 Å². The van der Waals surface area contributed by atoms with Crippen LogP contribution in [0.1, 0.15) is 24.0 Å². The number of hydrogen-bond donors (Lipinski definition) is 0. The molecule has 0 aliphatic carbocycles. The summed E-state index contributed by atoms with van der Waals surface area (Å²) in [4.78, 5) is 4.83. The molecule has 1 radical (unpaired) electrons. The van der Waals surface area contributed by atoms with Gasteiger partial charge < -0.3 is 4.84 Å². The number of halogens is 2. The van der Waals surface area contributed by atoms with Crippen molar-refractivity contribution in [2.24, 2.45) is 5.16 Å². The predicted octanol–water partition coefficient (Wildman–Crippen LogP) is 3.43. The van der Waals surface area contributed by atoms with E-state index in [2.05, 4.69) is 17.9 Å². The van der Waals surface area contributed by atoms with Gasteiger partial charge in [0.05, 0.1) is 0 Å². The minimum absolute atomic E-state index is 0.0497. The molecule has 1 aromatic carbocycles. The second-order valence-electron chi connectivity index (χ2n) is 3.04. The molecule has 0 N–H and O–H groups in total. The number of alkyl halides is 2. The van der Waals surface area contributed by atoms with Crippen molar-refractivity contribution in [1.82, 2.24) is 0 Å². The van der Waals surface area contributed by atoms with Crippen molar-refractivity contribution in [2.45, 2.75) is 12.8 Å². The van der Waals surface area contributed by atoms with Gasteiger partial charge in [-0.15, -0.1) is 6.58 Å². The summed E-state index contributed by atoms with van der Waals surface area (Å²) in [5, 5.41) is 3.54. The third-order valence-corrected chi connectivity index (χ3v) is 1.79. The van der Waals surface area contributed by atoms with Crippen molar-refractivity contribution in [1.29, 1.82) is 0 Å². The highest BCUT2D eigenvalue weighted by atomic mass is 19.3. The Hall–Kier alpha value is -1.71. The maximum Gasteiger partial charge on any atom is 0.263 e. The summed E-state index contributed by atoms with van der Waals surface area (Å²) in [5.74, 6) is 0. The summed E-state index contributed by atoms with van der Waals surface area (Å²) in [6, 6.07) is 5.84. The Morgan fingerprint density at radius 3 is 3.00 bits per heavy atom. The molecule has 0 fully saturated rings. The summed E-state index contributed by atoms with van der Waals surface area (Å²) >= 11 is 0. The molecule has 1 rings (SSSR count). The second-order valence-corrected chi connectivity index (χ2v) is 3.04. The van der Waals surface area contributed by atoms with Gasteiger partial charge in [0, 0.05) is 17.5 Å². The molecule has 0 unspecified atom stereocenters. The maximum absolute atomic E-state index is 12.3. The zero-order valence-corrected chi connectivity index (χ0v) is 8.70. The lowest BCUT2D eigenvalue weighted by Gasteiger charge is -1.99. The van der Waals surface area contributed by atoms with Crippen molar-refractivity contribution in [3.05, 3.63) is 48.0 Å². The molecule has 0 heterocycles. The molecule has 1 aromatic rings. The molecule has 85 valence electrons. The Morgan fingerprint density at radius 1 is 1.50 bits per heavy atom. The van der Waals surface area contributed by atoms with Crippen LogP contribution < -0.4 is 0 Å². The molecule has 0 aliphatic heterocycles. The first-order chi connectivity index (χ1) is 7.74. The number of nitrogens with zero attached hydrogens (tertiary/aromatic N) is 1. The fourth-order valence-corrected chi connectivity index (χ4v) is 1.01. The van der Waals surface area contributed by atoms with E-state index in [0.29, 0.717) is 18.6 Å². The third-order valence-electron chi connectivity index (χ3n) is 1.79. The summed E-state index contributed by atoms with van der Waals surface area (Å²) in [6.45, 7) is 3.93. The first-order valence-corrected chi connectivity index (χ1v) is 4.81. The van der Waals surface area contributed by atoms with Crippen LogP contribution in [0.3, 0.4) is 0 Å². The third kappa shape index (κ3) is 4.21. The van der Waals surface area contributed by atoms with E-state index >= 15 is 0 Å². The molecular formula is C12H12F2NO. The lowest BCUT2D eigenvalue weighted by molar-refractivity contribution is 0.150. The molecule has 16 heavy (non-hydrogen) atoms. The van der Waals surface area contributed by atoms with Crippen molar-refractivity contribution in [3.8, 4) is 0 Å². The minimum atomic E-state index is -2.48. The van der Waals surface area contributed by atoms with Gasteiger partial charge in [0.25, 0.3) is 6.43 Å². The van der Waals surface area contributed by atoms with Gasteiger partial charge in [-0.25, -0.2) is 8.78 Å². The van der Waals surface area contributed by atoms with Crippen LogP contribution in [0.2, 0.25) is 0 Å². The summed E-state index contributed by atoms with van der Waals surface area (Å²) in [7, 11) is 0. The van der Waals surface area contributed by atoms with Gasteiger partial charge >= 0.3 is 0 Å². The van der Waals surface area contributed by atoms with Crippen molar-refractivity contribution >= 4 is 6.21 Å². The summed E-state index contributed by atoms with van der Waals surface area (Å²) in [6.07, 6.45) is 2.44. The first-order valence-electron chi connectivity index (χ1n) is 4.81. The zero-order chi connectivity index (χ0) is 11.8. The largest absolute Gasteiger partial charge is 0.395 e. The predicted molar refractivity (Wildman–Crippen MR) is 58.7 cm³/mol. The van der Waals surface area contributed by atoms with Gasteiger partial charge in [-0.05, 0) is 6.07 Å². The normalized spacial score (nSPS) is 10.9. The average molecular weight is 224 g/mol. The van der Waals surface area contributed by atoms with Gasteiger partial charge in [-0.1, -0.05) is 29.4 Å². The lowest BCUT2D eigenvalue weighted by Crippen LogP contribution is -1.89. The van der Waals surface area contributed by atoms with Crippen LogP contribution in [0.5, 0.6) is 0 Å².